The van der Waals surface area contributed by atoms with E-state index in [0.717, 1.165) is 28.9 Å². The fourth-order valence-corrected chi connectivity index (χ4v) is 2.87. The van der Waals surface area contributed by atoms with E-state index in [1.807, 2.05) is 32.0 Å². The number of rotatable bonds is 3. The predicted octanol–water partition coefficient (Wildman–Crippen LogP) is 3.51. The van der Waals surface area contributed by atoms with Gasteiger partial charge in [-0.25, -0.2) is 13.6 Å². The average Bonchev–Trinajstić information content (AvgIpc) is 2.93. The highest BCUT2D eigenvalue weighted by molar-refractivity contribution is 6.02. The number of aryl methyl sites for hydroxylation is 2. The third-order valence-electron chi connectivity index (χ3n) is 4.49. The van der Waals surface area contributed by atoms with Gasteiger partial charge >= 0.3 is 6.03 Å². The van der Waals surface area contributed by atoms with Crippen LogP contribution in [0.2, 0.25) is 0 Å². The van der Waals surface area contributed by atoms with E-state index >= 15 is 0 Å². The van der Waals surface area contributed by atoms with Crippen molar-refractivity contribution in [3.63, 3.8) is 0 Å². The minimum atomic E-state index is -0.880. The van der Waals surface area contributed by atoms with E-state index in [0.29, 0.717) is 19.0 Å². The van der Waals surface area contributed by atoms with Gasteiger partial charge in [0.2, 0.25) is 5.91 Å². The molecule has 3 rings (SSSR count). The molecule has 1 unspecified atom stereocenters. The number of carbonyl (C=O) groups is 2. The first-order chi connectivity index (χ1) is 12.3. The number of halogens is 2. The van der Waals surface area contributed by atoms with Crippen molar-refractivity contribution >= 4 is 23.3 Å². The van der Waals surface area contributed by atoms with Gasteiger partial charge in [0.1, 0.15) is 17.7 Å². The van der Waals surface area contributed by atoms with E-state index < -0.39 is 23.7 Å². The first-order valence-corrected chi connectivity index (χ1v) is 8.26. The molecule has 26 heavy (non-hydrogen) atoms. The van der Waals surface area contributed by atoms with E-state index in [1.165, 1.54) is 0 Å². The van der Waals surface area contributed by atoms with Crippen molar-refractivity contribution in [1.29, 1.82) is 0 Å². The van der Waals surface area contributed by atoms with Gasteiger partial charge in [-0.3, -0.25) is 4.79 Å². The molecule has 0 radical (unpaired) electrons. The number of amides is 3. The largest absolute Gasteiger partial charge is 0.326 e. The average molecular weight is 359 g/mol. The molecule has 136 valence electrons. The maximum Gasteiger partial charge on any atom is 0.319 e. The Balaban J connectivity index is 1.64. The van der Waals surface area contributed by atoms with Crippen molar-refractivity contribution in [2.75, 3.05) is 16.8 Å². The van der Waals surface area contributed by atoms with E-state index in [2.05, 4.69) is 10.6 Å². The Morgan fingerprint density at radius 1 is 1.12 bits per heavy atom. The van der Waals surface area contributed by atoms with Crippen molar-refractivity contribution < 1.29 is 18.4 Å². The summed E-state index contributed by atoms with van der Waals surface area (Å²) in [6.45, 7) is 4.45. The van der Waals surface area contributed by atoms with E-state index in [1.54, 1.807) is 4.90 Å². The number of nitrogens with one attached hydrogen (secondary N) is 2. The third kappa shape index (κ3) is 3.66. The molecule has 1 aliphatic rings. The Hall–Kier alpha value is -2.96. The lowest BCUT2D eigenvalue weighted by Crippen LogP contribution is -2.43. The summed E-state index contributed by atoms with van der Waals surface area (Å²) in [6, 6.07) is 7.19. The molecular weight excluding hydrogens is 340 g/mol. The van der Waals surface area contributed by atoms with Gasteiger partial charge in [0, 0.05) is 18.3 Å². The van der Waals surface area contributed by atoms with Gasteiger partial charge in [0.15, 0.2) is 0 Å². The quantitative estimate of drug-likeness (QED) is 0.881. The lowest BCUT2D eigenvalue weighted by molar-refractivity contribution is -0.118. The van der Waals surface area contributed by atoms with Gasteiger partial charge in [-0.1, -0.05) is 6.07 Å². The Bertz CT molecular complexity index is 870. The van der Waals surface area contributed by atoms with Crippen molar-refractivity contribution in [3.05, 3.63) is 59.2 Å². The number of hydrogen-bond acceptors (Lipinski definition) is 2. The second-order valence-corrected chi connectivity index (χ2v) is 6.32. The first kappa shape index (κ1) is 17.8. The highest BCUT2D eigenvalue weighted by Crippen LogP contribution is 2.24. The van der Waals surface area contributed by atoms with E-state index in [4.69, 9.17) is 0 Å². The summed E-state index contributed by atoms with van der Waals surface area (Å²) < 4.78 is 26.5. The van der Waals surface area contributed by atoms with E-state index in [9.17, 15) is 18.4 Å². The Kier molecular flexibility index (Phi) is 4.88. The molecule has 1 heterocycles. The van der Waals surface area contributed by atoms with Crippen LogP contribution < -0.4 is 15.5 Å². The molecule has 0 saturated carbocycles. The fourth-order valence-electron chi connectivity index (χ4n) is 2.87. The lowest BCUT2D eigenvalue weighted by atomic mass is 10.1. The van der Waals surface area contributed by atoms with Crippen LogP contribution in [0.15, 0.2) is 36.4 Å². The normalized spacial score (nSPS) is 16.7. The van der Waals surface area contributed by atoms with Crippen molar-refractivity contribution in [2.45, 2.75) is 26.3 Å². The molecule has 1 saturated heterocycles. The molecule has 3 amide bonds. The summed E-state index contributed by atoms with van der Waals surface area (Å²) in [5.41, 5.74) is 2.85. The van der Waals surface area contributed by atoms with Crippen LogP contribution in [0.1, 0.15) is 17.5 Å². The zero-order valence-corrected chi connectivity index (χ0v) is 14.5. The maximum absolute atomic E-state index is 13.6. The molecule has 0 bridgehead atoms. The molecule has 0 spiro atoms. The van der Waals surface area contributed by atoms with Gasteiger partial charge in [-0.2, -0.15) is 0 Å². The van der Waals surface area contributed by atoms with Crippen LogP contribution in [0.25, 0.3) is 0 Å². The van der Waals surface area contributed by atoms with Gasteiger partial charge < -0.3 is 15.5 Å². The van der Waals surface area contributed by atoms with Gasteiger partial charge in [-0.05, 0) is 55.7 Å². The Morgan fingerprint density at radius 2 is 1.88 bits per heavy atom. The third-order valence-corrected chi connectivity index (χ3v) is 4.49. The molecule has 1 fully saturated rings. The Labute approximate surface area is 150 Å². The van der Waals surface area contributed by atoms with Crippen molar-refractivity contribution in [2.24, 2.45) is 0 Å². The Morgan fingerprint density at radius 3 is 2.58 bits per heavy atom. The number of anilines is 2. The predicted molar refractivity (Wildman–Crippen MR) is 95.2 cm³/mol. The van der Waals surface area contributed by atoms with Gasteiger partial charge in [0.05, 0.1) is 5.69 Å². The summed E-state index contributed by atoms with van der Waals surface area (Å²) in [4.78, 5) is 26.2. The molecule has 2 aromatic carbocycles. The van der Waals surface area contributed by atoms with Gasteiger partial charge in [0.25, 0.3) is 0 Å². The van der Waals surface area contributed by atoms with Gasteiger partial charge in [-0.15, -0.1) is 0 Å². The zero-order chi connectivity index (χ0) is 18.8. The highest BCUT2D eigenvalue weighted by Gasteiger charge is 2.33. The maximum atomic E-state index is 13.6. The number of benzene rings is 2. The number of urea groups is 1. The number of carbonyl (C=O) groups excluding carboxylic acids is 2. The van der Waals surface area contributed by atoms with Crippen LogP contribution in [0.5, 0.6) is 0 Å². The standard InChI is InChI=1S/C19H19F2N3O2/c1-11-3-5-14(9-12(11)2)24-8-7-17(18(24)25)23-19(26)22-16-6-4-13(20)10-15(16)21/h3-6,9-10,17H,7-8H2,1-2H3,(H2,22,23,26). The minimum absolute atomic E-state index is 0.152. The van der Waals surface area contributed by atoms with Crippen molar-refractivity contribution in [1.82, 2.24) is 5.32 Å². The monoisotopic (exact) mass is 359 g/mol. The second-order valence-electron chi connectivity index (χ2n) is 6.32. The second kappa shape index (κ2) is 7.11. The smallest absolute Gasteiger partial charge is 0.319 e. The number of hydrogen-bond donors (Lipinski definition) is 2. The summed E-state index contributed by atoms with van der Waals surface area (Å²) in [5, 5.41) is 4.84. The summed E-state index contributed by atoms with van der Waals surface area (Å²) in [5.74, 6) is -1.83. The van der Waals surface area contributed by atoms with Crippen LogP contribution in [0.3, 0.4) is 0 Å². The SMILES string of the molecule is Cc1ccc(N2CCC(NC(=O)Nc3ccc(F)cc3F)C2=O)cc1C. The molecule has 5 nitrogen and oxygen atoms in total. The molecule has 0 aliphatic carbocycles. The molecule has 0 aromatic heterocycles. The molecule has 7 heteroatoms. The summed E-state index contributed by atoms with van der Waals surface area (Å²) in [7, 11) is 0. The van der Waals surface area contributed by atoms with Crippen LogP contribution in [0.4, 0.5) is 25.0 Å². The molecule has 2 N–H and O–H groups in total. The summed E-state index contributed by atoms with van der Waals surface area (Å²) in [6.07, 6.45) is 0.449. The zero-order valence-electron chi connectivity index (χ0n) is 14.5. The van der Waals surface area contributed by atoms with Crippen molar-refractivity contribution in [3.8, 4) is 0 Å². The van der Waals surface area contributed by atoms with Crippen LogP contribution >= 0.6 is 0 Å². The minimum Gasteiger partial charge on any atom is -0.326 e. The van der Waals surface area contributed by atoms with Crippen LogP contribution in [0, 0.1) is 25.5 Å². The fraction of sp³-hybridized carbons (Fsp3) is 0.263. The molecule has 2 aromatic rings. The topological polar surface area (TPSA) is 61.4 Å². The number of nitrogens with zero attached hydrogens (tertiary/aromatic N) is 1. The molecular formula is C19H19F2N3O2. The molecule has 1 aliphatic heterocycles. The van der Waals surface area contributed by atoms with Crippen LogP contribution in [-0.4, -0.2) is 24.5 Å². The summed E-state index contributed by atoms with van der Waals surface area (Å²) >= 11 is 0. The highest BCUT2D eigenvalue weighted by atomic mass is 19.1. The van der Waals surface area contributed by atoms with Crippen LogP contribution in [-0.2, 0) is 4.79 Å². The lowest BCUT2D eigenvalue weighted by Gasteiger charge is -2.18. The molecule has 1 atom stereocenters. The van der Waals surface area contributed by atoms with E-state index in [-0.39, 0.29) is 11.6 Å². The first-order valence-electron chi connectivity index (χ1n) is 8.26.